The number of aromatic nitrogens is 3. The van der Waals surface area contributed by atoms with Crippen LogP contribution < -0.4 is 15.0 Å². The first kappa shape index (κ1) is 20.2. The van der Waals surface area contributed by atoms with Gasteiger partial charge in [-0.05, 0) is 67.2 Å². The molecule has 3 aromatic heterocycles. The van der Waals surface area contributed by atoms with Crippen LogP contribution >= 0.6 is 12.2 Å². The van der Waals surface area contributed by atoms with Gasteiger partial charge in [0.05, 0.1) is 24.5 Å². The van der Waals surface area contributed by atoms with Crippen molar-refractivity contribution in [3.63, 3.8) is 0 Å². The molecule has 160 valence electrons. The van der Waals surface area contributed by atoms with Gasteiger partial charge in [0.1, 0.15) is 17.6 Å². The molecule has 0 bridgehead atoms. The number of ether oxygens (including phenoxy) is 1. The summed E-state index contributed by atoms with van der Waals surface area (Å²) in [5.74, 6) is 1.61. The Bertz CT molecular complexity index is 1240. The van der Waals surface area contributed by atoms with Crippen LogP contribution in [0.3, 0.4) is 0 Å². The molecular weight excluding hydrogens is 418 g/mol. The van der Waals surface area contributed by atoms with E-state index in [0.29, 0.717) is 5.11 Å². The Hall–Kier alpha value is -3.71. The van der Waals surface area contributed by atoms with Crippen LogP contribution in [0.5, 0.6) is 5.75 Å². The molecule has 1 aromatic carbocycles. The Labute approximate surface area is 192 Å². The predicted octanol–water partition coefficient (Wildman–Crippen LogP) is 4.76. The minimum atomic E-state index is -0.160. The summed E-state index contributed by atoms with van der Waals surface area (Å²) in [6, 6.07) is 21.8. The van der Waals surface area contributed by atoms with Crippen molar-refractivity contribution in [3.05, 3.63) is 102 Å². The summed E-state index contributed by atoms with van der Waals surface area (Å²) in [4.78, 5) is 11.4. The van der Waals surface area contributed by atoms with Gasteiger partial charge in [-0.1, -0.05) is 24.3 Å². The molecule has 2 atom stereocenters. The van der Waals surface area contributed by atoms with Crippen LogP contribution in [-0.2, 0) is 0 Å². The summed E-state index contributed by atoms with van der Waals surface area (Å²) < 4.78 is 7.79. The fraction of sp³-hybridized carbons (Fsp3) is 0.160. The third kappa shape index (κ3) is 3.50. The highest BCUT2D eigenvalue weighted by Gasteiger charge is 2.43. The fourth-order valence-electron chi connectivity index (χ4n) is 4.19. The third-order valence-corrected chi connectivity index (χ3v) is 5.98. The van der Waals surface area contributed by atoms with Gasteiger partial charge in [-0.15, -0.1) is 0 Å². The number of hydrogen-bond donors (Lipinski definition) is 1. The standard InChI is InChI=1S/C25H23N5OS/c1-17-12-13-22(27-16-17)29-15-7-10-20(29)24-23(18-8-5-6-14-26-18)28-25(32)30(24)19-9-3-4-11-21(19)31-2/h3-16,23-24H,1-2H3,(H,28,32)/t23-,24-/m0/s1. The van der Waals surface area contributed by atoms with Gasteiger partial charge in [-0.25, -0.2) is 4.98 Å². The summed E-state index contributed by atoms with van der Waals surface area (Å²) in [6.45, 7) is 2.03. The van der Waals surface area contributed by atoms with Crippen LogP contribution in [0.4, 0.5) is 5.69 Å². The van der Waals surface area contributed by atoms with E-state index in [4.69, 9.17) is 17.0 Å². The fourth-order valence-corrected chi connectivity index (χ4v) is 4.53. The van der Waals surface area contributed by atoms with Crippen molar-refractivity contribution < 1.29 is 4.74 Å². The van der Waals surface area contributed by atoms with Crippen LogP contribution in [-0.4, -0.2) is 26.8 Å². The Balaban J connectivity index is 1.68. The molecule has 4 heterocycles. The zero-order valence-corrected chi connectivity index (χ0v) is 18.7. The highest BCUT2D eigenvalue weighted by Crippen LogP contribution is 2.44. The second kappa shape index (κ2) is 8.43. The van der Waals surface area contributed by atoms with Gasteiger partial charge in [-0.3, -0.25) is 4.98 Å². The largest absolute Gasteiger partial charge is 0.495 e. The molecule has 1 saturated heterocycles. The molecule has 5 rings (SSSR count). The van der Waals surface area contributed by atoms with Gasteiger partial charge in [0.2, 0.25) is 0 Å². The smallest absolute Gasteiger partial charge is 0.174 e. The SMILES string of the molecule is COc1ccccc1N1C(=S)N[C@@H](c2ccccn2)[C@@H]1c1cccn1-c1ccc(C)cn1. The third-order valence-electron chi connectivity index (χ3n) is 5.67. The van der Waals surface area contributed by atoms with E-state index in [-0.39, 0.29) is 12.1 Å². The van der Waals surface area contributed by atoms with Crippen LogP contribution in [0.1, 0.15) is 29.0 Å². The maximum Gasteiger partial charge on any atom is 0.174 e. The number of benzene rings is 1. The topological polar surface area (TPSA) is 55.2 Å². The van der Waals surface area contributed by atoms with Crippen molar-refractivity contribution in [2.75, 3.05) is 12.0 Å². The van der Waals surface area contributed by atoms with Crippen molar-refractivity contribution >= 4 is 23.0 Å². The van der Waals surface area contributed by atoms with Crippen molar-refractivity contribution in [1.82, 2.24) is 19.9 Å². The molecule has 0 saturated carbocycles. The molecule has 0 unspecified atom stereocenters. The molecule has 0 radical (unpaired) electrons. The van der Waals surface area contributed by atoms with E-state index in [1.54, 1.807) is 7.11 Å². The lowest BCUT2D eigenvalue weighted by atomic mass is 10.0. The van der Waals surface area contributed by atoms with Crippen LogP contribution in [0, 0.1) is 6.92 Å². The number of hydrogen-bond acceptors (Lipinski definition) is 4. The van der Waals surface area contributed by atoms with Gasteiger partial charge >= 0.3 is 0 Å². The molecule has 6 nitrogen and oxygen atoms in total. The van der Waals surface area contributed by atoms with Gasteiger partial charge in [-0.2, -0.15) is 0 Å². The Morgan fingerprint density at radius 3 is 2.56 bits per heavy atom. The second-order valence-electron chi connectivity index (χ2n) is 7.67. The normalized spacial score (nSPS) is 17.9. The maximum absolute atomic E-state index is 5.84. The number of aryl methyl sites for hydroxylation is 1. The number of methoxy groups -OCH3 is 1. The van der Waals surface area contributed by atoms with E-state index in [0.717, 1.165) is 34.2 Å². The number of nitrogens with zero attached hydrogens (tertiary/aromatic N) is 4. The molecule has 7 heteroatoms. The zero-order chi connectivity index (χ0) is 22.1. The van der Waals surface area contributed by atoms with Crippen molar-refractivity contribution in [2.45, 2.75) is 19.0 Å². The average Bonchev–Trinajstić information content (AvgIpc) is 3.44. The monoisotopic (exact) mass is 441 g/mol. The molecule has 32 heavy (non-hydrogen) atoms. The second-order valence-corrected chi connectivity index (χ2v) is 8.05. The lowest BCUT2D eigenvalue weighted by molar-refractivity contribution is 0.414. The maximum atomic E-state index is 5.84. The molecule has 0 spiro atoms. The molecule has 0 aliphatic carbocycles. The number of thiocarbonyl (C=S) groups is 1. The molecule has 0 amide bonds. The highest BCUT2D eigenvalue weighted by molar-refractivity contribution is 7.80. The highest BCUT2D eigenvalue weighted by atomic mass is 32.1. The van der Waals surface area contributed by atoms with E-state index in [1.807, 2.05) is 80.1 Å². The molecule has 4 aromatic rings. The van der Waals surface area contributed by atoms with Crippen LogP contribution in [0.15, 0.2) is 85.3 Å². The van der Waals surface area contributed by atoms with Crippen molar-refractivity contribution in [3.8, 4) is 11.6 Å². The first-order chi connectivity index (χ1) is 15.7. The average molecular weight is 442 g/mol. The van der Waals surface area contributed by atoms with Crippen LogP contribution in [0.25, 0.3) is 5.82 Å². The summed E-state index contributed by atoms with van der Waals surface area (Å²) >= 11 is 5.84. The number of anilines is 1. The number of nitrogens with one attached hydrogen (secondary N) is 1. The van der Waals surface area contributed by atoms with E-state index in [9.17, 15) is 0 Å². The van der Waals surface area contributed by atoms with E-state index < -0.39 is 0 Å². The first-order valence-corrected chi connectivity index (χ1v) is 10.8. The molecular formula is C25H23N5OS. The summed E-state index contributed by atoms with van der Waals surface area (Å²) in [5.41, 5.74) is 3.99. The van der Waals surface area contributed by atoms with Crippen LogP contribution in [0.2, 0.25) is 0 Å². The molecule has 1 fully saturated rings. The first-order valence-electron chi connectivity index (χ1n) is 10.4. The quantitative estimate of drug-likeness (QED) is 0.451. The Kier molecular flexibility index (Phi) is 5.33. The van der Waals surface area contributed by atoms with Gasteiger partial charge < -0.3 is 19.5 Å². The van der Waals surface area contributed by atoms with E-state index in [1.165, 1.54) is 0 Å². The number of para-hydroxylation sites is 2. The Morgan fingerprint density at radius 1 is 0.969 bits per heavy atom. The number of rotatable bonds is 5. The summed E-state index contributed by atoms with van der Waals surface area (Å²) in [7, 11) is 1.68. The lowest BCUT2D eigenvalue weighted by Gasteiger charge is -2.29. The predicted molar refractivity (Wildman–Crippen MR) is 129 cm³/mol. The van der Waals surface area contributed by atoms with Gasteiger partial charge in [0, 0.05) is 24.3 Å². The van der Waals surface area contributed by atoms with Crippen molar-refractivity contribution in [2.24, 2.45) is 0 Å². The molecule has 1 N–H and O–H groups in total. The Morgan fingerprint density at radius 2 is 1.81 bits per heavy atom. The van der Waals surface area contributed by atoms with Gasteiger partial charge in [0.25, 0.3) is 0 Å². The van der Waals surface area contributed by atoms with Gasteiger partial charge in [0.15, 0.2) is 5.11 Å². The lowest BCUT2D eigenvalue weighted by Crippen LogP contribution is -2.30. The van der Waals surface area contributed by atoms with Crippen molar-refractivity contribution in [1.29, 1.82) is 0 Å². The number of pyridine rings is 2. The van der Waals surface area contributed by atoms with E-state index >= 15 is 0 Å². The summed E-state index contributed by atoms with van der Waals surface area (Å²) in [5, 5.41) is 4.13. The minimum Gasteiger partial charge on any atom is -0.495 e. The minimum absolute atomic E-state index is 0.146. The molecule has 1 aliphatic heterocycles. The van der Waals surface area contributed by atoms with E-state index in [2.05, 4.69) is 36.9 Å². The molecule has 1 aliphatic rings. The zero-order valence-electron chi connectivity index (χ0n) is 17.8. The summed E-state index contributed by atoms with van der Waals surface area (Å²) in [6.07, 6.45) is 5.72.